The summed E-state index contributed by atoms with van der Waals surface area (Å²) in [6.45, 7) is 0.118. The number of carbonyl (C=O) groups excluding carboxylic acids is 3. The molecule has 1 aromatic heterocycles. The van der Waals surface area contributed by atoms with Crippen molar-refractivity contribution in [1.29, 1.82) is 0 Å². The molecule has 0 spiro atoms. The molecule has 1 amide bonds. The first-order valence-electron chi connectivity index (χ1n) is 13.3. The van der Waals surface area contributed by atoms with Gasteiger partial charge in [-0.3, -0.25) is 29.4 Å². The fourth-order valence-corrected chi connectivity index (χ4v) is 7.33. The number of hydrogen-bond acceptors (Lipinski definition) is 13. The number of benzene rings is 1. The molecule has 43 heavy (non-hydrogen) atoms. The summed E-state index contributed by atoms with van der Waals surface area (Å²) < 4.78 is 0. The number of rotatable bonds is 7. The van der Waals surface area contributed by atoms with Crippen LogP contribution >= 0.6 is 11.3 Å². The Morgan fingerprint density at radius 2 is 1.88 bits per heavy atom. The zero-order valence-corrected chi connectivity index (χ0v) is 24.6. The predicted octanol–water partition coefficient (Wildman–Crippen LogP) is 1.61. The summed E-state index contributed by atoms with van der Waals surface area (Å²) in [7, 11) is 6.60. The third-order valence-electron chi connectivity index (χ3n) is 8.46. The molecule has 5 rings (SSSR count). The van der Waals surface area contributed by atoms with E-state index in [1.807, 2.05) is 0 Å². The van der Waals surface area contributed by atoms with Crippen molar-refractivity contribution in [3.8, 4) is 5.75 Å². The molecule has 2 aromatic rings. The topological polar surface area (TPSA) is 220 Å². The number of nitrogens with two attached hydrogens (primary N) is 1. The highest BCUT2D eigenvalue weighted by molar-refractivity contribution is 7.15. The summed E-state index contributed by atoms with van der Waals surface area (Å²) in [4.78, 5) is 53.9. The Morgan fingerprint density at radius 1 is 1.21 bits per heavy atom. The SMILES string of the molecule is CN(C)c1cc(NCc2ccc([N+](=O)[O-])s2)c(O)c2c1CC1CC3C(N(C)C)C(=O)C(C(N)=O)=C(O)C3(O)C(=O)C1=C2O. The second kappa shape index (κ2) is 10.4. The monoisotopic (exact) mass is 613 g/mol. The van der Waals surface area contributed by atoms with Gasteiger partial charge in [0.1, 0.15) is 22.8 Å². The molecule has 14 nitrogen and oxygen atoms in total. The number of aromatic hydroxyl groups is 1. The second-order valence-electron chi connectivity index (χ2n) is 11.4. The summed E-state index contributed by atoms with van der Waals surface area (Å²) in [5, 5.41) is 59.8. The summed E-state index contributed by atoms with van der Waals surface area (Å²) in [6, 6.07) is 3.45. The van der Waals surface area contributed by atoms with Gasteiger partial charge in [-0.25, -0.2) is 0 Å². The van der Waals surface area contributed by atoms with Gasteiger partial charge in [-0.1, -0.05) is 11.3 Å². The van der Waals surface area contributed by atoms with Gasteiger partial charge in [-0.05, 0) is 50.6 Å². The lowest BCUT2D eigenvalue weighted by Crippen LogP contribution is -2.65. The Hall–Kier alpha value is -4.47. The molecule has 1 saturated carbocycles. The van der Waals surface area contributed by atoms with Crippen LogP contribution in [0, 0.1) is 22.0 Å². The van der Waals surface area contributed by atoms with Crippen molar-refractivity contribution in [2.75, 3.05) is 38.4 Å². The van der Waals surface area contributed by atoms with Gasteiger partial charge < -0.3 is 36.4 Å². The fourth-order valence-electron chi connectivity index (χ4n) is 6.57. The molecular weight excluding hydrogens is 582 g/mol. The molecule has 0 saturated heterocycles. The number of nitrogens with one attached hydrogen (secondary N) is 1. The number of likely N-dealkylation sites (N-methyl/N-ethyl adjacent to an activating group) is 1. The standard InChI is InChI=1S/C28H31N5O9S/c1-31(2)16-9-15(30-10-12-5-6-17(43-12)33(41)42)22(34)19-13(16)7-11-8-14-21(32(3)4)24(36)20(27(29)39)26(38)28(14,40)25(37)18(11)23(19)35/h5-6,9,11,14,21,30,34-35,38,40H,7-8,10H2,1-4H3,(H2,29,39). The summed E-state index contributed by atoms with van der Waals surface area (Å²) >= 11 is 0.963. The lowest BCUT2D eigenvalue weighted by molar-refractivity contribution is -0.380. The summed E-state index contributed by atoms with van der Waals surface area (Å²) in [6.07, 6.45) is 0.129. The smallest absolute Gasteiger partial charge is 0.324 e. The van der Waals surface area contributed by atoms with E-state index in [2.05, 4.69) is 5.32 Å². The molecule has 228 valence electrons. The van der Waals surface area contributed by atoms with Crippen LogP contribution in [-0.2, 0) is 27.3 Å². The predicted molar refractivity (Wildman–Crippen MR) is 157 cm³/mol. The van der Waals surface area contributed by atoms with Crippen LogP contribution in [0.4, 0.5) is 16.4 Å². The number of aliphatic hydroxyl groups is 3. The number of phenols is 1. The maximum absolute atomic E-state index is 14.1. The molecule has 4 unspecified atom stereocenters. The molecule has 0 bridgehead atoms. The van der Waals surface area contributed by atoms with E-state index in [-0.39, 0.29) is 47.0 Å². The minimum absolute atomic E-state index is 0.0173. The van der Waals surface area contributed by atoms with Crippen LogP contribution in [-0.4, -0.2) is 87.6 Å². The van der Waals surface area contributed by atoms with Gasteiger partial charge in [-0.2, -0.15) is 0 Å². The van der Waals surface area contributed by atoms with Crippen molar-refractivity contribution < 1.29 is 39.7 Å². The van der Waals surface area contributed by atoms with Crippen molar-refractivity contribution in [2.24, 2.45) is 17.6 Å². The van der Waals surface area contributed by atoms with E-state index in [4.69, 9.17) is 5.73 Å². The average molecular weight is 614 g/mol. The number of thiophene rings is 1. The van der Waals surface area contributed by atoms with E-state index in [1.54, 1.807) is 45.2 Å². The van der Waals surface area contributed by atoms with Crippen LogP contribution in [0.25, 0.3) is 5.76 Å². The zero-order valence-electron chi connectivity index (χ0n) is 23.7. The van der Waals surface area contributed by atoms with Crippen LogP contribution < -0.4 is 16.0 Å². The third-order valence-corrected chi connectivity index (χ3v) is 9.50. The number of carbonyl (C=O) groups is 3. The number of amides is 1. The Kier molecular flexibility index (Phi) is 7.23. The molecule has 0 radical (unpaired) electrons. The lowest BCUT2D eigenvalue weighted by Gasteiger charge is -2.50. The van der Waals surface area contributed by atoms with E-state index in [0.717, 1.165) is 11.3 Å². The van der Waals surface area contributed by atoms with Crippen LogP contribution in [0.15, 0.2) is 35.1 Å². The minimum Gasteiger partial charge on any atom is -0.508 e. The molecule has 1 fully saturated rings. The zero-order chi connectivity index (χ0) is 31.7. The van der Waals surface area contributed by atoms with Crippen molar-refractivity contribution >= 4 is 50.9 Å². The largest absolute Gasteiger partial charge is 0.508 e. The first-order valence-corrected chi connectivity index (χ1v) is 14.1. The van der Waals surface area contributed by atoms with E-state index >= 15 is 0 Å². The van der Waals surface area contributed by atoms with Crippen LogP contribution in [0.5, 0.6) is 5.75 Å². The number of ketones is 2. The third kappa shape index (κ3) is 4.42. The molecule has 1 aromatic carbocycles. The van der Waals surface area contributed by atoms with Crippen molar-refractivity contribution in [3.63, 3.8) is 0 Å². The molecular formula is C28H31N5O9S. The normalized spacial score (nSPS) is 24.9. The van der Waals surface area contributed by atoms with Gasteiger partial charge in [-0.15, -0.1) is 0 Å². The molecule has 7 N–H and O–H groups in total. The Morgan fingerprint density at radius 3 is 2.44 bits per heavy atom. The summed E-state index contributed by atoms with van der Waals surface area (Å²) in [5.41, 5.74) is 2.77. The van der Waals surface area contributed by atoms with Crippen molar-refractivity contribution in [1.82, 2.24) is 4.90 Å². The highest BCUT2D eigenvalue weighted by Crippen LogP contribution is 2.54. The highest BCUT2D eigenvalue weighted by atomic mass is 32.1. The van der Waals surface area contributed by atoms with E-state index in [1.165, 1.54) is 11.0 Å². The molecule has 3 aliphatic carbocycles. The van der Waals surface area contributed by atoms with Gasteiger partial charge in [0, 0.05) is 48.8 Å². The number of aliphatic hydroxyl groups excluding tert-OH is 2. The maximum Gasteiger partial charge on any atom is 0.324 e. The van der Waals surface area contributed by atoms with Gasteiger partial charge in [0.25, 0.3) is 5.91 Å². The van der Waals surface area contributed by atoms with E-state index in [0.29, 0.717) is 16.1 Å². The van der Waals surface area contributed by atoms with Crippen LogP contribution in [0.3, 0.4) is 0 Å². The number of Topliss-reactive ketones (excluding diaryl/α,β-unsaturated/α-hetero) is 2. The molecule has 0 aliphatic heterocycles. The minimum atomic E-state index is -2.73. The molecule has 3 aliphatic rings. The van der Waals surface area contributed by atoms with Crippen molar-refractivity contribution in [3.05, 3.63) is 61.2 Å². The van der Waals surface area contributed by atoms with Gasteiger partial charge in [0.15, 0.2) is 11.4 Å². The first-order chi connectivity index (χ1) is 20.1. The fraction of sp³-hybridized carbons (Fsp3) is 0.393. The number of phenolic OH excluding ortho intramolecular Hbond substituents is 1. The molecule has 1 heterocycles. The quantitative estimate of drug-likeness (QED) is 0.114. The number of fused-ring (bicyclic) bond motifs is 3. The number of primary amides is 1. The van der Waals surface area contributed by atoms with Gasteiger partial charge >= 0.3 is 5.00 Å². The van der Waals surface area contributed by atoms with Crippen LogP contribution in [0.2, 0.25) is 0 Å². The Labute approximate surface area is 249 Å². The van der Waals surface area contributed by atoms with Gasteiger partial charge in [0.2, 0.25) is 5.78 Å². The number of hydrogen-bond donors (Lipinski definition) is 6. The Bertz CT molecular complexity index is 1660. The lowest BCUT2D eigenvalue weighted by atomic mass is 9.57. The number of nitro groups is 1. The number of nitrogens with zero attached hydrogens (tertiary/aromatic N) is 3. The van der Waals surface area contributed by atoms with Crippen molar-refractivity contribution in [2.45, 2.75) is 31.0 Å². The van der Waals surface area contributed by atoms with E-state index in [9.17, 15) is 44.9 Å². The second-order valence-corrected chi connectivity index (χ2v) is 12.5. The first kappa shape index (κ1) is 30.0. The number of anilines is 2. The highest BCUT2D eigenvalue weighted by Gasteiger charge is 2.64. The maximum atomic E-state index is 14.1. The van der Waals surface area contributed by atoms with E-state index < -0.39 is 63.0 Å². The Balaban J connectivity index is 1.64. The van der Waals surface area contributed by atoms with Gasteiger partial charge in [0.05, 0.1) is 22.2 Å². The average Bonchev–Trinajstić information content (AvgIpc) is 3.39. The molecule has 15 heteroatoms. The van der Waals surface area contributed by atoms with Crippen LogP contribution in [0.1, 0.15) is 22.4 Å². The molecule has 4 atom stereocenters. The summed E-state index contributed by atoms with van der Waals surface area (Å²) in [5.74, 6) is -7.23.